The molecule has 0 aliphatic rings. The van der Waals surface area contributed by atoms with Gasteiger partial charge in [-0.05, 0) is 32.9 Å². The molecule has 0 saturated heterocycles. The summed E-state index contributed by atoms with van der Waals surface area (Å²) < 4.78 is 0. The molecule has 2 N–H and O–H groups in total. The Bertz CT molecular complexity index is 320. The van der Waals surface area contributed by atoms with E-state index in [1.807, 2.05) is 32.9 Å². The number of rotatable bonds is 4. The lowest BCUT2D eigenvalue weighted by atomic mass is 10.2. The third-order valence-corrected chi connectivity index (χ3v) is 2.86. The monoisotopic (exact) mass is 213 g/mol. The summed E-state index contributed by atoms with van der Waals surface area (Å²) in [6.45, 7) is 5.86. The molecule has 1 aromatic heterocycles. The minimum Gasteiger partial charge on any atom is -0.480 e. The lowest BCUT2D eigenvalue weighted by molar-refractivity contribution is -0.139. The molecular formula is C10H15NO2S. The summed E-state index contributed by atoms with van der Waals surface area (Å²) in [5, 5.41) is 12.0. The molecule has 1 aromatic rings. The summed E-state index contributed by atoms with van der Waals surface area (Å²) in [4.78, 5) is 13.0. The fraction of sp³-hybridized carbons (Fsp3) is 0.500. The Hall–Kier alpha value is -0.870. The summed E-state index contributed by atoms with van der Waals surface area (Å²) in [7, 11) is 0. The van der Waals surface area contributed by atoms with Crippen molar-refractivity contribution in [2.75, 3.05) is 0 Å². The van der Waals surface area contributed by atoms with Crippen LogP contribution < -0.4 is 5.32 Å². The molecule has 0 saturated carbocycles. The molecule has 0 bridgehead atoms. The van der Waals surface area contributed by atoms with Crippen LogP contribution in [0.1, 0.15) is 29.6 Å². The van der Waals surface area contributed by atoms with E-state index in [2.05, 4.69) is 5.32 Å². The molecule has 0 aliphatic carbocycles. The zero-order valence-corrected chi connectivity index (χ0v) is 9.39. The lowest BCUT2D eigenvalue weighted by Gasteiger charge is -2.15. The smallest absolute Gasteiger partial charge is 0.326 e. The van der Waals surface area contributed by atoms with Crippen LogP contribution in [0.2, 0.25) is 0 Å². The van der Waals surface area contributed by atoms with Gasteiger partial charge < -0.3 is 5.11 Å². The van der Waals surface area contributed by atoms with Crippen LogP contribution in [0.4, 0.5) is 0 Å². The molecule has 0 aliphatic heterocycles. The first-order valence-corrected chi connectivity index (χ1v) is 5.37. The van der Waals surface area contributed by atoms with Gasteiger partial charge in [0.15, 0.2) is 0 Å². The maximum Gasteiger partial charge on any atom is 0.326 e. The topological polar surface area (TPSA) is 49.3 Å². The van der Waals surface area contributed by atoms with Gasteiger partial charge in [0, 0.05) is 15.8 Å². The van der Waals surface area contributed by atoms with Gasteiger partial charge in [-0.25, -0.2) is 0 Å². The first-order chi connectivity index (χ1) is 6.50. The molecule has 1 atom stereocenters. The number of hydrogen-bond acceptors (Lipinski definition) is 3. The van der Waals surface area contributed by atoms with Crippen molar-refractivity contribution in [1.82, 2.24) is 5.32 Å². The third-order valence-electron chi connectivity index (χ3n) is 1.79. The third kappa shape index (κ3) is 2.82. The van der Waals surface area contributed by atoms with E-state index < -0.39 is 12.0 Å². The Morgan fingerprint density at radius 1 is 1.50 bits per heavy atom. The van der Waals surface area contributed by atoms with E-state index in [1.54, 1.807) is 0 Å². The fourth-order valence-electron chi connectivity index (χ4n) is 1.22. The number of carbonyl (C=O) groups is 1. The molecule has 1 unspecified atom stereocenters. The first-order valence-electron chi connectivity index (χ1n) is 4.56. The molecule has 0 fully saturated rings. The Kier molecular flexibility index (Phi) is 3.66. The van der Waals surface area contributed by atoms with Crippen molar-refractivity contribution in [2.24, 2.45) is 0 Å². The molecule has 78 valence electrons. The van der Waals surface area contributed by atoms with E-state index in [-0.39, 0.29) is 6.04 Å². The zero-order valence-electron chi connectivity index (χ0n) is 8.57. The quantitative estimate of drug-likeness (QED) is 0.806. The second-order valence-corrected chi connectivity index (χ2v) is 4.86. The van der Waals surface area contributed by atoms with E-state index in [0.29, 0.717) is 0 Å². The Balaban J connectivity index is 2.83. The van der Waals surface area contributed by atoms with Gasteiger partial charge in [-0.1, -0.05) is 0 Å². The molecule has 0 amide bonds. The highest BCUT2D eigenvalue weighted by Crippen LogP contribution is 2.23. The zero-order chi connectivity index (χ0) is 10.7. The van der Waals surface area contributed by atoms with Crippen molar-refractivity contribution in [3.63, 3.8) is 0 Å². The highest BCUT2D eigenvalue weighted by Gasteiger charge is 2.21. The van der Waals surface area contributed by atoms with Crippen molar-refractivity contribution < 1.29 is 9.90 Å². The highest BCUT2D eigenvalue weighted by molar-refractivity contribution is 7.12. The van der Waals surface area contributed by atoms with Crippen LogP contribution in [0.25, 0.3) is 0 Å². The Morgan fingerprint density at radius 3 is 2.50 bits per heavy atom. The minimum absolute atomic E-state index is 0.165. The predicted molar refractivity (Wildman–Crippen MR) is 57.7 cm³/mol. The number of nitrogens with one attached hydrogen (secondary N) is 1. The maximum absolute atomic E-state index is 11.0. The molecular weight excluding hydrogens is 198 g/mol. The van der Waals surface area contributed by atoms with Crippen molar-refractivity contribution in [3.8, 4) is 0 Å². The van der Waals surface area contributed by atoms with Gasteiger partial charge in [0.05, 0.1) is 0 Å². The van der Waals surface area contributed by atoms with Crippen LogP contribution in [0.5, 0.6) is 0 Å². The van der Waals surface area contributed by atoms with Crippen molar-refractivity contribution >= 4 is 17.3 Å². The van der Waals surface area contributed by atoms with E-state index in [0.717, 1.165) is 9.75 Å². The normalized spacial score (nSPS) is 13.1. The molecule has 0 radical (unpaired) electrons. The van der Waals surface area contributed by atoms with E-state index in [4.69, 9.17) is 5.11 Å². The number of carboxylic acid groups (broad SMARTS) is 1. The van der Waals surface area contributed by atoms with Gasteiger partial charge in [-0.2, -0.15) is 0 Å². The highest BCUT2D eigenvalue weighted by atomic mass is 32.1. The van der Waals surface area contributed by atoms with Gasteiger partial charge in [-0.15, -0.1) is 11.3 Å². The molecule has 0 spiro atoms. The summed E-state index contributed by atoms with van der Waals surface area (Å²) in [5.74, 6) is -0.819. The van der Waals surface area contributed by atoms with Crippen LogP contribution in [0, 0.1) is 6.92 Å². The SMILES string of the molecule is Cc1ccc(C(NC(C)C)C(=O)O)s1. The van der Waals surface area contributed by atoms with Crippen LogP contribution >= 0.6 is 11.3 Å². The standard InChI is InChI=1S/C10H15NO2S/c1-6(2)11-9(10(12)13)8-5-4-7(3)14-8/h4-6,9,11H,1-3H3,(H,12,13). The average Bonchev–Trinajstić information content (AvgIpc) is 2.46. The van der Waals surface area contributed by atoms with E-state index >= 15 is 0 Å². The van der Waals surface area contributed by atoms with Crippen LogP contribution in [-0.4, -0.2) is 17.1 Å². The number of aliphatic carboxylic acids is 1. The summed E-state index contributed by atoms with van der Waals surface area (Å²) >= 11 is 1.52. The Morgan fingerprint density at radius 2 is 2.14 bits per heavy atom. The van der Waals surface area contributed by atoms with Crippen LogP contribution in [0.15, 0.2) is 12.1 Å². The maximum atomic E-state index is 11.0. The summed E-state index contributed by atoms with van der Waals surface area (Å²) in [6.07, 6.45) is 0. The minimum atomic E-state index is -0.819. The van der Waals surface area contributed by atoms with Crippen molar-refractivity contribution in [1.29, 1.82) is 0 Å². The Labute approximate surface area is 87.8 Å². The molecule has 1 heterocycles. The van der Waals surface area contributed by atoms with E-state index in [1.165, 1.54) is 11.3 Å². The molecule has 4 heteroatoms. The van der Waals surface area contributed by atoms with Crippen LogP contribution in [-0.2, 0) is 4.79 Å². The molecule has 1 rings (SSSR count). The largest absolute Gasteiger partial charge is 0.480 e. The van der Waals surface area contributed by atoms with Gasteiger partial charge in [0.1, 0.15) is 6.04 Å². The molecule has 0 aromatic carbocycles. The van der Waals surface area contributed by atoms with E-state index in [9.17, 15) is 4.79 Å². The van der Waals surface area contributed by atoms with Crippen molar-refractivity contribution in [2.45, 2.75) is 32.9 Å². The fourth-order valence-corrected chi connectivity index (χ4v) is 2.15. The van der Waals surface area contributed by atoms with Crippen LogP contribution in [0.3, 0.4) is 0 Å². The summed E-state index contributed by atoms with van der Waals surface area (Å²) in [6, 6.07) is 3.40. The number of hydrogen-bond donors (Lipinski definition) is 2. The second-order valence-electron chi connectivity index (χ2n) is 3.54. The van der Waals surface area contributed by atoms with Gasteiger partial charge in [-0.3, -0.25) is 10.1 Å². The number of aryl methyl sites for hydroxylation is 1. The molecule has 14 heavy (non-hydrogen) atoms. The first kappa shape index (κ1) is 11.2. The lowest BCUT2D eigenvalue weighted by Crippen LogP contribution is -2.32. The predicted octanol–water partition coefficient (Wildman–Crippen LogP) is 2.18. The van der Waals surface area contributed by atoms with Crippen molar-refractivity contribution in [3.05, 3.63) is 21.9 Å². The van der Waals surface area contributed by atoms with Gasteiger partial charge in [0.25, 0.3) is 0 Å². The molecule has 3 nitrogen and oxygen atoms in total. The average molecular weight is 213 g/mol. The summed E-state index contributed by atoms with van der Waals surface area (Å²) in [5.41, 5.74) is 0. The number of thiophene rings is 1. The number of carboxylic acids is 1. The van der Waals surface area contributed by atoms with Gasteiger partial charge in [0.2, 0.25) is 0 Å². The van der Waals surface area contributed by atoms with Gasteiger partial charge >= 0.3 is 5.97 Å². The second kappa shape index (κ2) is 4.57.